The van der Waals surface area contributed by atoms with Crippen LogP contribution in [0.3, 0.4) is 0 Å². The molecule has 44 heavy (non-hydrogen) atoms. The topological polar surface area (TPSA) is 101 Å². The van der Waals surface area contributed by atoms with Gasteiger partial charge in [0.1, 0.15) is 4.90 Å². The van der Waals surface area contributed by atoms with Gasteiger partial charge in [-0.3, -0.25) is 4.98 Å². The Bertz CT molecular complexity index is 1620. The lowest BCUT2D eigenvalue weighted by molar-refractivity contribution is -0.253. The summed E-state index contributed by atoms with van der Waals surface area (Å²) in [5.41, 5.74) is 4.12. The molecule has 0 bridgehead atoms. The highest BCUT2D eigenvalue weighted by molar-refractivity contribution is 7.89. The number of nitrogens with zero attached hydrogens (tertiary/aromatic N) is 2. The van der Waals surface area contributed by atoms with E-state index in [-0.39, 0.29) is 30.3 Å². The molecule has 2 fully saturated rings. The summed E-state index contributed by atoms with van der Waals surface area (Å²) in [5.74, 6) is 0. The van der Waals surface area contributed by atoms with E-state index in [1.165, 1.54) is 32.1 Å². The summed E-state index contributed by atoms with van der Waals surface area (Å²) in [5, 5.41) is 10.3. The molecule has 3 atom stereocenters. The van der Waals surface area contributed by atoms with Crippen LogP contribution in [0.4, 0.5) is 0 Å². The predicted octanol–water partition coefficient (Wildman–Crippen LogP) is 6.02. The van der Waals surface area contributed by atoms with E-state index < -0.39 is 16.3 Å². The first-order valence-corrected chi connectivity index (χ1v) is 17.1. The van der Waals surface area contributed by atoms with Crippen LogP contribution in [0.25, 0.3) is 10.9 Å². The highest BCUT2D eigenvalue weighted by Crippen LogP contribution is 2.38. The smallest absolute Gasteiger partial charge is 0.243 e. The monoisotopic (exact) mass is 615 g/mol. The van der Waals surface area contributed by atoms with Gasteiger partial charge in [-0.1, -0.05) is 86.0 Å². The number of hydrogen-bond donors (Lipinski definition) is 2. The number of likely N-dealkylation sites (tertiary alicyclic amines) is 1. The average molecular weight is 616 g/mol. The number of ether oxygens (including phenoxy) is 2. The van der Waals surface area contributed by atoms with Crippen LogP contribution >= 0.6 is 0 Å². The maximum Gasteiger partial charge on any atom is 0.243 e. The second kappa shape index (κ2) is 14.3. The molecule has 1 unspecified atom stereocenters. The van der Waals surface area contributed by atoms with Crippen molar-refractivity contribution in [1.82, 2.24) is 14.6 Å². The molecule has 2 aliphatic heterocycles. The van der Waals surface area contributed by atoms with Crippen molar-refractivity contribution in [2.75, 3.05) is 19.6 Å². The maximum absolute atomic E-state index is 13.2. The van der Waals surface area contributed by atoms with Gasteiger partial charge >= 0.3 is 0 Å². The van der Waals surface area contributed by atoms with E-state index in [1.54, 1.807) is 24.4 Å². The van der Waals surface area contributed by atoms with Crippen LogP contribution in [0.5, 0.6) is 0 Å². The second-order valence-corrected chi connectivity index (χ2v) is 13.6. The first-order chi connectivity index (χ1) is 21.5. The number of benzene rings is 3. The van der Waals surface area contributed by atoms with Gasteiger partial charge in [0.05, 0.1) is 24.3 Å². The fraction of sp³-hybridized carbons (Fsp3) is 0.400. The van der Waals surface area contributed by atoms with E-state index in [2.05, 4.69) is 14.6 Å². The average Bonchev–Trinajstić information content (AvgIpc) is 3.05. The summed E-state index contributed by atoms with van der Waals surface area (Å²) in [6.07, 6.45) is 8.04. The number of nitrogens with one attached hydrogen (secondary N) is 1. The fourth-order valence-corrected chi connectivity index (χ4v) is 7.35. The van der Waals surface area contributed by atoms with E-state index >= 15 is 0 Å². The van der Waals surface area contributed by atoms with Crippen LogP contribution < -0.4 is 4.72 Å². The molecular weight excluding hydrogens is 574 g/mol. The Morgan fingerprint density at radius 3 is 2.25 bits per heavy atom. The highest BCUT2D eigenvalue weighted by atomic mass is 32.2. The van der Waals surface area contributed by atoms with Gasteiger partial charge in [-0.05, 0) is 54.8 Å². The van der Waals surface area contributed by atoms with Gasteiger partial charge in [-0.15, -0.1) is 0 Å². The number of fused-ring (bicyclic) bond motifs is 1. The normalized spacial score (nSPS) is 22.0. The minimum Gasteiger partial charge on any atom is -0.392 e. The fourth-order valence-electron chi connectivity index (χ4n) is 6.16. The molecule has 3 aromatic carbocycles. The number of pyridine rings is 1. The zero-order chi connectivity index (χ0) is 30.4. The number of aliphatic hydroxyl groups excluding tert-OH is 1. The molecule has 0 aliphatic carbocycles. The van der Waals surface area contributed by atoms with Crippen molar-refractivity contribution in [3.8, 4) is 0 Å². The quantitative estimate of drug-likeness (QED) is 0.238. The van der Waals surface area contributed by atoms with Crippen LogP contribution in [-0.4, -0.2) is 49.1 Å². The number of aliphatic hydroxyl groups is 1. The summed E-state index contributed by atoms with van der Waals surface area (Å²) in [6.45, 7) is 3.22. The molecule has 0 amide bonds. The van der Waals surface area contributed by atoms with Gasteiger partial charge in [0.25, 0.3) is 0 Å². The SMILES string of the molecule is O=S(=O)(NCc1ccc(C2O[C@H](CN3CCCCCCC3)C[C@H](c3ccc(CO)cc3)O2)cc1)c1cccc2cccnc12. The van der Waals surface area contributed by atoms with E-state index in [0.717, 1.165) is 53.7 Å². The van der Waals surface area contributed by atoms with Crippen molar-refractivity contribution < 1.29 is 23.0 Å². The summed E-state index contributed by atoms with van der Waals surface area (Å²) in [7, 11) is -3.77. The molecule has 2 saturated heterocycles. The van der Waals surface area contributed by atoms with Crippen LogP contribution in [-0.2, 0) is 32.6 Å². The summed E-state index contributed by atoms with van der Waals surface area (Å²) in [4.78, 5) is 7.00. The maximum atomic E-state index is 13.2. The molecule has 2 N–H and O–H groups in total. The Morgan fingerprint density at radius 2 is 1.50 bits per heavy atom. The van der Waals surface area contributed by atoms with E-state index in [9.17, 15) is 13.5 Å². The molecule has 232 valence electrons. The molecule has 3 heterocycles. The van der Waals surface area contributed by atoms with E-state index in [4.69, 9.17) is 9.47 Å². The largest absolute Gasteiger partial charge is 0.392 e. The zero-order valence-corrected chi connectivity index (χ0v) is 25.8. The summed E-state index contributed by atoms with van der Waals surface area (Å²) in [6, 6.07) is 24.5. The van der Waals surface area contributed by atoms with Gasteiger partial charge < -0.3 is 19.5 Å². The molecule has 2 aliphatic rings. The van der Waals surface area contributed by atoms with Crippen LogP contribution in [0.15, 0.2) is 90.0 Å². The Hall–Kier alpha value is -3.18. The highest BCUT2D eigenvalue weighted by Gasteiger charge is 2.33. The molecule has 0 saturated carbocycles. The first kappa shape index (κ1) is 30.8. The number of sulfonamides is 1. The molecule has 8 nitrogen and oxygen atoms in total. The van der Waals surface area contributed by atoms with Gasteiger partial charge in [0.2, 0.25) is 10.0 Å². The van der Waals surface area contributed by atoms with Gasteiger partial charge in [-0.25, -0.2) is 13.1 Å². The minimum atomic E-state index is -3.77. The Labute approximate surface area is 260 Å². The van der Waals surface area contributed by atoms with Crippen LogP contribution in [0.1, 0.15) is 73.2 Å². The third-order valence-electron chi connectivity index (χ3n) is 8.63. The Kier molecular flexibility index (Phi) is 10.0. The lowest BCUT2D eigenvalue weighted by Crippen LogP contribution is -2.40. The molecule has 6 rings (SSSR count). The summed E-state index contributed by atoms with van der Waals surface area (Å²) < 4.78 is 42.2. The van der Waals surface area contributed by atoms with Crippen molar-refractivity contribution in [2.45, 2.75) is 75.1 Å². The molecule has 1 aromatic heterocycles. The van der Waals surface area contributed by atoms with Crippen LogP contribution in [0.2, 0.25) is 0 Å². The lowest BCUT2D eigenvalue weighted by atomic mass is 9.99. The van der Waals surface area contributed by atoms with Crippen molar-refractivity contribution in [3.63, 3.8) is 0 Å². The van der Waals surface area contributed by atoms with Crippen molar-refractivity contribution in [2.24, 2.45) is 0 Å². The number of rotatable bonds is 9. The molecule has 0 radical (unpaired) electrons. The van der Waals surface area contributed by atoms with Gasteiger partial charge in [-0.2, -0.15) is 0 Å². The second-order valence-electron chi connectivity index (χ2n) is 11.8. The predicted molar refractivity (Wildman–Crippen MR) is 170 cm³/mol. The molecule has 0 spiro atoms. The third-order valence-corrected chi connectivity index (χ3v) is 10.1. The van der Waals surface area contributed by atoms with Crippen molar-refractivity contribution >= 4 is 20.9 Å². The Morgan fingerprint density at radius 1 is 0.818 bits per heavy atom. The number of aromatic nitrogens is 1. The van der Waals surface area contributed by atoms with E-state index in [1.807, 2.05) is 60.7 Å². The van der Waals surface area contributed by atoms with E-state index in [0.29, 0.717) is 5.52 Å². The summed E-state index contributed by atoms with van der Waals surface area (Å²) >= 11 is 0. The molecular formula is C35H41N3O5S. The zero-order valence-electron chi connectivity index (χ0n) is 25.0. The van der Waals surface area contributed by atoms with Gasteiger partial charge in [0.15, 0.2) is 6.29 Å². The third kappa shape index (κ3) is 7.54. The number of para-hydroxylation sites is 1. The minimum absolute atomic E-state index is 0.0104. The lowest BCUT2D eigenvalue weighted by Gasteiger charge is -2.38. The Balaban J connectivity index is 1.16. The standard InChI is InChI=1S/C35H41N3O5S/c39-25-27-13-15-28(16-14-27)32-22-31(24-38-20-4-2-1-3-5-21-38)42-35(43-32)30-17-11-26(12-18-30)23-37-44(40,41)33-10-6-8-29-9-7-19-36-34(29)33/h6-19,31-32,35,37,39H,1-5,20-25H2/t31-,32+,35?/m0/s1. The first-order valence-electron chi connectivity index (χ1n) is 15.6. The van der Waals surface area contributed by atoms with Gasteiger partial charge in [0, 0.05) is 36.7 Å². The van der Waals surface area contributed by atoms with Crippen molar-refractivity contribution in [3.05, 3.63) is 107 Å². The molecule has 4 aromatic rings. The molecule has 9 heteroatoms. The van der Waals surface area contributed by atoms with Crippen LogP contribution in [0, 0.1) is 0 Å². The number of hydrogen-bond acceptors (Lipinski definition) is 7. The van der Waals surface area contributed by atoms with Crippen molar-refractivity contribution in [1.29, 1.82) is 0 Å².